The third-order valence-corrected chi connectivity index (χ3v) is 2.57. The molecule has 0 amide bonds. The van der Waals surface area contributed by atoms with Crippen LogP contribution >= 0.6 is 11.6 Å². The molecule has 1 rings (SSSR count). The van der Waals surface area contributed by atoms with Crippen molar-refractivity contribution in [1.82, 2.24) is 4.90 Å². The second-order valence-electron chi connectivity index (χ2n) is 3.32. The minimum absolute atomic E-state index is 0.146. The molecule has 2 atom stereocenters. The number of piperidine rings is 1. The number of aliphatic hydroxyl groups excluding tert-OH is 1. The van der Waals surface area contributed by atoms with Crippen LogP contribution in [0.4, 0.5) is 0 Å². The van der Waals surface area contributed by atoms with E-state index in [2.05, 4.69) is 11.8 Å². The number of rotatable bonds is 2. The first kappa shape index (κ1) is 9.30. The van der Waals surface area contributed by atoms with E-state index in [4.69, 9.17) is 11.6 Å². The van der Waals surface area contributed by atoms with E-state index in [-0.39, 0.29) is 6.10 Å². The Morgan fingerprint density at radius 3 is 2.91 bits per heavy atom. The summed E-state index contributed by atoms with van der Waals surface area (Å²) in [5.74, 6) is 1.13. The maximum atomic E-state index is 9.49. The molecule has 66 valence electrons. The largest absolute Gasteiger partial charge is 0.392 e. The van der Waals surface area contributed by atoms with E-state index in [1.165, 1.54) is 0 Å². The van der Waals surface area contributed by atoms with Gasteiger partial charge in [-0.05, 0) is 18.9 Å². The highest BCUT2D eigenvalue weighted by molar-refractivity contribution is 6.18. The number of aliphatic hydroxyl groups is 1. The van der Waals surface area contributed by atoms with Gasteiger partial charge in [0.05, 0.1) is 6.10 Å². The number of hydrogen-bond donors (Lipinski definition) is 1. The van der Waals surface area contributed by atoms with Gasteiger partial charge in [0.15, 0.2) is 0 Å². The second kappa shape index (κ2) is 4.29. The normalized spacial score (nSPS) is 34.1. The van der Waals surface area contributed by atoms with Gasteiger partial charge < -0.3 is 5.11 Å². The minimum Gasteiger partial charge on any atom is -0.392 e. The SMILES string of the molecule is CC1CCN(CCCl)CC1O. The Morgan fingerprint density at radius 1 is 1.64 bits per heavy atom. The number of nitrogens with zero attached hydrogens (tertiary/aromatic N) is 1. The van der Waals surface area contributed by atoms with Gasteiger partial charge in [0, 0.05) is 19.0 Å². The summed E-state index contributed by atoms with van der Waals surface area (Å²) in [5, 5.41) is 9.49. The summed E-state index contributed by atoms with van der Waals surface area (Å²) in [6.07, 6.45) is 0.949. The average molecular weight is 178 g/mol. The van der Waals surface area contributed by atoms with Crippen LogP contribution in [0.3, 0.4) is 0 Å². The summed E-state index contributed by atoms with van der Waals surface area (Å²) < 4.78 is 0. The molecule has 0 aromatic rings. The number of likely N-dealkylation sites (tertiary alicyclic amines) is 1. The van der Waals surface area contributed by atoms with Crippen LogP contribution in [0.15, 0.2) is 0 Å². The summed E-state index contributed by atoms with van der Waals surface area (Å²) in [5.41, 5.74) is 0. The summed E-state index contributed by atoms with van der Waals surface area (Å²) in [6, 6.07) is 0. The number of alkyl halides is 1. The number of β-amino-alcohol motifs (C(OH)–C–C–N with tert-alkyl or cyclic N) is 1. The molecular weight excluding hydrogens is 162 g/mol. The van der Waals surface area contributed by atoms with Crippen LogP contribution in [0.1, 0.15) is 13.3 Å². The van der Waals surface area contributed by atoms with E-state index in [9.17, 15) is 5.11 Å². The van der Waals surface area contributed by atoms with Crippen LogP contribution in [-0.2, 0) is 0 Å². The van der Waals surface area contributed by atoms with Gasteiger partial charge >= 0.3 is 0 Å². The summed E-state index contributed by atoms with van der Waals surface area (Å²) in [7, 11) is 0. The van der Waals surface area contributed by atoms with Gasteiger partial charge in [-0.15, -0.1) is 11.6 Å². The van der Waals surface area contributed by atoms with Crippen molar-refractivity contribution in [2.24, 2.45) is 5.92 Å². The molecule has 0 saturated carbocycles. The Morgan fingerprint density at radius 2 is 2.36 bits per heavy atom. The fourth-order valence-corrected chi connectivity index (χ4v) is 1.68. The third-order valence-electron chi connectivity index (χ3n) is 2.40. The van der Waals surface area contributed by atoms with Crippen LogP contribution in [0, 0.1) is 5.92 Å². The molecule has 1 aliphatic rings. The monoisotopic (exact) mass is 177 g/mol. The molecule has 1 saturated heterocycles. The topological polar surface area (TPSA) is 23.5 Å². The highest BCUT2D eigenvalue weighted by Gasteiger charge is 2.23. The molecule has 0 aromatic carbocycles. The van der Waals surface area contributed by atoms with Gasteiger partial charge in [0.2, 0.25) is 0 Å². The second-order valence-corrected chi connectivity index (χ2v) is 3.70. The maximum Gasteiger partial charge on any atom is 0.0693 e. The highest BCUT2D eigenvalue weighted by Crippen LogP contribution is 2.16. The van der Waals surface area contributed by atoms with E-state index >= 15 is 0 Å². The Balaban J connectivity index is 2.28. The first-order valence-corrected chi connectivity index (χ1v) is 4.74. The Labute approximate surface area is 73.1 Å². The molecule has 2 nitrogen and oxygen atoms in total. The van der Waals surface area contributed by atoms with Crippen molar-refractivity contribution < 1.29 is 5.11 Å². The van der Waals surface area contributed by atoms with Crippen molar-refractivity contribution in [2.75, 3.05) is 25.5 Å². The van der Waals surface area contributed by atoms with Crippen LogP contribution in [0.25, 0.3) is 0 Å². The van der Waals surface area contributed by atoms with Gasteiger partial charge in [-0.3, -0.25) is 4.90 Å². The van der Waals surface area contributed by atoms with E-state index in [0.29, 0.717) is 11.8 Å². The molecule has 1 heterocycles. The summed E-state index contributed by atoms with van der Waals surface area (Å²) >= 11 is 5.60. The highest BCUT2D eigenvalue weighted by atomic mass is 35.5. The smallest absolute Gasteiger partial charge is 0.0693 e. The van der Waals surface area contributed by atoms with Crippen molar-refractivity contribution in [3.63, 3.8) is 0 Å². The summed E-state index contributed by atoms with van der Waals surface area (Å²) in [4.78, 5) is 2.22. The zero-order chi connectivity index (χ0) is 8.27. The first-order chi connectivity index (χ1) is 5.24. The first-order valence-electron chi connectivity index (χ1n) is 4.20. The Bertz CT molecular complexity index is 121. The lowest BCUT2D eigenvalue weighted by Crippen LogP contribution is -2.43. The standard InChI is InChI=1S/C8H16ClNO/c1-7-2-4-10(5-3-9)6-8(7)11/h7-8,11H,2-6H2,1H3. The predicted octanol–water partition coefficient (Wildman–Crippen LogP) is 0.928. The van der Waals surface area contributed by atoms with Crippen molar-refractivity contribution in [3.8, 4) is 0 Å². The molecule has 1 N–H and O–H groups in total. The van der Waals surface area contributed by atoms with E-state index < -0.39 is 0 Å². The molecule has 0 radical (unpaired) electrons. The lowest BCUT2D eigenvalue weighted by atomic mass is 9.96. The molecule has 11 heavy (non-hydrogen) atoms. The van der Waals surface area contributed by atoms with Crippen molar-refractivity contribution in [1.29, 1.82) is 0 Å². The van der Waals surface area contributed by atoms with E-state index in [0.717, 1.165) is 26.1 Å². The molecule has 0 aliphatic carbocycles. The maximum absolute atomic E-state index is 9.49. The van der Waals surface area contributed by atoms with Gasteiger partial charge in [0.1, 0.15) is 0 Å². The zero-order valence-corrected chi connectivity index (χ0v) is 7.72. The molecular formula is C8H16ClNO. The number of hydrogen-bond acceptors (Lipinski definition) is 2. The van der Waals surface area contributed by atoms with Crippen LogP contribution in [-0.4, -0.2) is 41.6 Å². The van der Waals surface area contributed by atoms with Gasteiger partial charge in [-0.2, -0.15) is 0 Å². The molecule has 0 bridgehead atoms. The summed E-state index contributed by atoms with van der Waals surface area (Å²) in [6.45, 7) is 4.90. The van der Waals surface area contributed by atoms with Crippen LogP contribution in [0.5, 0.6) is 0 Å². The molecule has 0 aromatic heterocycles. The average Bonchev–Trinajstić information content (AvgIpc) is 1.98. The molecule has 1 fully saturated rings. The molecule has 0 spiro atoms. The van der Waals surface area contributed by atoms with E-state index in [1.54, 1.807) is 0 Å². The molecule has 1 aliphatic heterocycles. The Kier molecular flexibility index (Phi) is 3.63. The van der Waals surface area contributed by atoms with Gasteiger partial charge in [0.25, 0.3) is 0 Å². The molecule has 3 heteroatoms. The predicted molar refractivity (Wildman–Crippen MR) is 46.9 cm³/mol. The minimum atomic E-state index is -0.146. The van der Waals surface area contributed by atoms with Crippen LogP contribution in [0.2, 0.25) is 0 Å². The molecule has 2 unspecified atom stereocenters. The van der Waals surface area contributed by atoms with Crippen molar-refractivity contribution in [3.05, 3.63) is 0 Å². The van der Waals surface area contributed by atoms with Gasteiger partial charge in [-0.25, -0.2) is 0 Å². The fourth-order valence-electron chi connectivity index (χ4n) is 1.44. The van der Waals surface area contributed by atoms with Crippen molar-refractivity contribution >= 4 is 11.6 Å². The van der Waals surface area contributed by atoms with Crippen molar-refractivity contribution in [2.45, 2.75) is 19.4 Å². The quantitative estimate of drug-likeness (QED) is 0.635. The third kappa shape index (κ3) is 2.62. The fraction of sp³-hybridized carbons (Fsp3) is 1.00. The Hall–Kier alpha value is 0.210. The zero-order valence-electron chi connectivity index (χ0n) is 6.96. The number of halogens is 1. The van der Waals surface area contributed by atoms with E-state index in [1.807, 2.05) is 0 Å². The lowest BCUT2D eigenvalue weighted by molar-refractivity contribution is 0.0319. The van der Waals surface area contributed by atoms with Crippen LogP contribution < -0.4 is 0 Å². The van der Waals surface area contributed by atoms with Gasteiger partial charge in [-0.1, -0.05) is 6.92 Å². The lowest BCUT2D eigenvalue weighted by Gasteiger charge is -2.33.